The molecule has 20 heavy (non-hydrogen) atoms. The van der Waals surface area contributed by atoms with Crippen molar-refractivity contribution in [3.8, 4) is 5.82 Å². The van der Waals surface area contributed by atoms with Crippen molar-refractivity contribution in [1.82, 2.24) is 14.8 Å². The number of anilines is 1. The van der Waals surface area contributed by atoms with Gasteiger partial charge in [-0.2, -0.15) is 18.3 Å². The number of nitrogen functional groups attached to an aromatic ring is 1. The number of pyridine rings is 1. The number of rotatable bonds is 2. The minimum Gasteiger partial charge on any atom is -0.464 e. The molecule has 0 aliphatic heterocycles. The van der Waals surface area contributed by atoms with Crippen LogP contribution in [0, 0.1) is 0 Å². The van der Waals surface area contributed by atoms with Gasteiger partial charge in [0.15, 0.2) is 11.5 Å². The van der Waals surface area contributed by atoms with Gasteiger partial charge in [-0.05, 0) is 12.1 Å². The molecule has 9 heteroatoms. The van der Waals surface area contributed by atoms with Crippen molar-refractivity contribution >= 4 is 11.7 Å². The fourth-order valence-electron chi connectivity index (χ4n) is 1.45. The van der Waals surface area contributed by atoms with E-state index in [1.165, 1.54) is 12.1 Å². The predicted molar refractivity (Wildman–Crippen MR) is 62.1 cm³/mol. The van der Waals surface area contributed by atoms with Crippen molar-refractivity contribution in [2.45, 2.75) is 6.18 Å². The molecule has 6 nitrogen and oxygen atoms in total. The Hall–Kier alpha value is -2.58. The number of carbonyl (C=O) groups is 1. The van der Waals surface area contributed by atoms with Crippen LogP contribution in [0.2, 0.25) is 0 Å². The van der Waals surface area contributed by atoms with Crippen LogP contribution in [0.1, 0.15) is 16.1 Å². The Balaban J connectivity index is 2.47. The van der Waals surface area contributed by atoms with Crippen molar-refractivity contribution in [1.29, 1.82) is 0 Å². The van der Waals surface area contributed by atoms with Gasteiger partial charge in [0.1, 0.15) is 0 Å². The summed E-state index contributed by atoms with van der Waals surface area (Å²) in [5.74, 6) is -0.808. The Kier molecular flexibility index (Phi) is 3.35. The predicted octanol–water partition coefficient (Wildman–Crippen LogP) is 1.65. The van der Waals surface area contributed by atoms with Crippen LogP contribution in [-0.2, 0) is 10.9 Å². The van der Waals surface area contributed by atoms with Crippen molar-refractivity contribution in [3.05, 3.63) is 35.8 Å². The lowest BCUT2D eigenvalue weighted by Crippen LogP contribution is -2.10. The number of nitrogens with two attached hydrogens (primary N) is 1. The van der Waals surface area contributed by atoms with Crippen molar-refractivity contribution < 1.29 is 22.7 Å². The maximum atomic E-state index is 12.5. The van der Waals surface area contributed by atoms with Crippen LogP contribution in [0.4, 0.5) is 18.9 Å². The molecule has 2 N–H and O–H groups in total. The number of carbonyl (C=O) groups excluding carboxylic acids is 1. The normalized spacial score (nSPS) is 11.4. The van der Waals surface area contributed by atoms with Crippen molar-refractivity contribution in [2.24, 2.45) is 0 Å². The van der Waals surface area contributed by atoms with Gasteiger partial charge in [0.2, 0.25) is 0 Å². The molecule has 0 amide bonds. The molecule has 0 atom stereocenters. The molecule has 0 radical (unpaired) electrons. The van der Waals surface area contributed by atoms with Crippen molar-refractivity contribution in [2.75, 3.05) is 12.8 Å². The molecular formula is C11H9F3N4O2. The third-order valence-electron chi connectivity index (χ3n) is 2.43. The van der Waals surface area contributed by atoms with Crippen molar-refractivity contribution in [3.63, 3.8) is 0 Å². The van der Waals surface area contributed by atoms with E-state index in [0.29, 0.717) is 6.20 Å². The number of hydrogen-bond donors (Lipinski definition) is 1. The van der Waals surface area contributed by atoms with Gasteiger partial charge in [-0.25, -0.2) is 14.5 Å². The SMILES string of the molecule is COC(=O)c1ccc(N)c(-n2cc(C(F)(F)F)cn2)n1. The summed E-state index contributed by atoms with van der Waals surface area (Å²) in [5.41, 5.74) is 4.68. The topological polar surface area (TPSA) is 83.0 Å². The van der Waals surface area contributed by atoms with Crippen LogP contribution in [0.25, 0.3) is 5.82 Å². The largest absolute Gasteiger partial charge is 0.464 e. The van der Waals surface area contributed by atoms with Crippen LogP contribution >= 0.6 is 0 Å². The number of alkyl halides is 3. The zero-order valence-corrected chi connectivity index (χ0v) is 10.2. The van der Waals surface area contributed by atoms with Gasteiger partial charge in [0.05, 0.1) is 24.6 Å². The van der Waals surface area contributed by atoms with Gasteiger partial charge < -0.3 is 10.5 Å². The molecule has 0 aliphatic rings. The zero-order valence-electron chi connectivity index (χ0n) is 10.2. The summed E-state index contributed by atoms with van der Waals surface area (Å²) in [7, 11) is 1.16. The molecule has 0 saturated heterocycles. The number of esters is 1. The molecule has 0 bridgehead atoms. The molecule has 0 aliphatic carbocycles. The number of hydrogen-bond acceptors (Lipinski definition) is 5. The molecule has 0 unspecified atom stereocenters. The number of aromatic nitrogens is 3. The Morgan fingerprint density at radius 2 is 2.10 bits per heavy atom. The molecule has 2 aromatic heterocycles. The number of methoxy groups -OCH3 is 1. The molecule has 2 rings (SSSR count). The van der Waals surface area contributed by atoms with E-state index >= 15 is 0 Å². The molecule has 0 aromatic carbocycles. The Bertz CT molecular complexity index is 651. The highest BCUT2D eigenvalue weighted by atomic mass is 19.4. The second-order valence-electron chi connectivity index (χ2n) is 3.77. The molecule has 0 saturated carbocycles. The molecule has 2 heterocycles. The average molecular weight is 286 g/mol. The van der Waals surface area contributed by atoms with Crippen LogP contribution in [0.3, 0.4) is 0 Å². The Labute approximate surface area is 111 Å². The first-order chi connectivity index (χ1) is 9.32. The number of ether oxygens (including phenoxy) is 1. The maximum absolute atomic E-state index is 12.5. The maximum Gasteiger partial charge on any atom is 0.419 e. The minimum absolute atomic E-state index is 0.0782. The summed E-state index contributed by atoms with van der Waals surface area (Å²) in [4.78, 5) is 15.2. The third kappa shape index (κ3) is 2.56. The second kappa shape index (κ2) is 4.83. The lowest BCUT2D eigenvalue weighted by molar-refractivity contribution is -0.137. The lowest BCUT2D eigenvalue weighted by Gasteiger charge is -2.06. The molecular weight excluding hydrogens is 277 g/mol. The molecule has 0 fully saturated rings. The zero-order chi connectivity index (χ0) is 14.9. The molecule has 2 aromatic rings. The van der Waals surface area contributed by atoms with E-state index in [1.54, 1.807) is 0 Å². The van der Waals surface area contributed by atoms with E-state index in [1.807, 2.05) is 0 Å². The van der Waals surface area contributed by atoms with E-state index in [9.17, 15) is 18.0 Å². The fraction of sp³-hybridized carbons (Fsp3) is 0.182. The number of halogens is 3. The van der Waals surface area contributed by atoms with Gasteiger partial charge in [-0.3, -0.25) is 0 Å². The number of nitrogens with zero attached hydrogens (tertiary/aromatic N) is 3. The summed E-state index contributed by atoms with van der Waals surface area (Å²) in [6.07, 6.45) is -3.14. The smallest absolute Gasteiger partial charge is 0.419 e. The van der Waals surface area contributed by atoms with Gasteiger partial charge in [-0.15, -0.1) is 0 Å². The summed E-state index contributed by atoms with van der Waals surface area (Å²) in [5, 5.41) is 3.54. The molecule has 0 spiro atoms. The van der Waals surface area contributed by atoms with Crippen LogP contribution in [0.5, 0.6) is 0 Å². The highest BCUT2D eigenvalue weighted by Crippen LogP contribution is 2.29. The first kappa shape index (κ1) is 13.8. The second-order valence-corrected chi connectivity index (χ2v) is 3.77. The van der Waals surface area contributed by atoms with Gasteiger partial charge in [-0.1, -0.05) is 0 Å². The fourth-order valence-corrected chi connectivity index (χ4v) is 1.45. The third-order valence-corrected chi connectivity index (χ3v) is 2.43. The summed E-state index contributed by atoms with van der Waals surface area (Å²) < 4.78 is 42.8. The van der Waals surface area contributed by atoms with Gasteiger partial charge in [0, 0.05) is 6.20 Å². The summed E-state index contributed by atoms with van der Waals surface area (Å²) in [6.45, 7) is 0. The lowest BCUT2D eigenvalue weighted by atomic mass is 10.3. The van der Waals surface area contributed by atoms with Crippen LogP contribution in [-0.4, -0.2) is 27.8 Å². The van der Waals surface area contributed by atoms with Crippen LogP contribution in [0.15, 0.2) is 24.5 Å². The van der Waals surface area contributed by atoms with E-state index in [2.05, 4.69) is 14.8 Å². The van der Waals surface area contributed by atoms with Gasteiger partial charge in [0.25, 0.3) is 0 Å². The minimum atomic E-state index is -4.52. The van der Waals surface area contributed by atoms with E-state index in [0.717, 1.165) is 18.0 Å². The standard InChI is InChI=1S/C11H9F3N4O2/c1-20-10(19)8-3-2-7(15)9(17-8)18-5-6(4-16-18)11(12,13)14/h2-5H,15H2,1H3. The van der Waals surface area contributed by atoms with E-state index in [-0.39, 0.29) is 17.2 Å². The first-order valence-corrected chi connectivity index (χ1v) is 5.30. The monoisotopic (exact) mass is 286 g/mol. The van der Waals surface area contributed by atoms with E-state index in [4.69, 9.17) is 5.73 Å². The highest BCUT2D eigenvalue weighted by molar-refractivity contribution is 5.87. The molecule has 106 valence electrons. The van der Waals surface area contributed by atoms with Gasteiger partial charge >= 0.3 is 12.1 Å². The summed E-state index contributed by atoms with van der Waals surface area (Å²) in [6, 6.07) is 2.64. The summed E-state index contributed by atoms with van der Waals surface area (Å²) >= 11 is 0. The Morgan fingerprint density at radius 3 is 2.65 bits per heavy atom. The quantitative estimate of drug-likeness (QED) is 0.849. The Morgan fingerprint density at radius 1 is 1.40 bits per heavy atom. The van der Waals surface area contributed by atoms with E-state index < -0.39 is 17.7 Å². The highest BCUT2D eigenvalue weighted by Gasteiger charge is 2.32. The first-order valence-electron chi connectivity index (χ1n) is 5.30. The van der Waals surface area contributed by atoms with Crippen LogP contribution < -0.4 is 5.73 Å². The average Bonchev–Trinajstić information content (AvgIpc) is 2.87.